The third kappa shape index (κ3) is 11.3. The summed E-state index contributed by atoms with van der Waals surface area (Å²) < 4.78 is 16.4. The third-order valence-electron chi connectivity index (χ3n) is 4.28. The molecular weight excluding hydrogens is 353 g/mol. The molecule has 0 radical (unpaired) electrons. The minimum absolute atomic E-state index is 0.0566. The number of likely N-dealkylation sites (tertiary alicyclic amines) is 1. The number of carbonyl (C=O) groups is 1. The van der Waals surface area contributed by atoms with E-state index in [4.69, 9.17) is 13.8 Å². The molecule has 0 aliphatic carbocycles. The van der Waals surface area contributed by atoms with Crippen molar-refractivity contribution in [1.82, 2.24) is 4.90 Å². The van der Waals surface area contributed by atoms with Gasteiger partial charge in [0.25, 0.3) is 0 Å². The lowest BCUT2D eigenvalue weighted by atomic mass is 10.1. The summed E-state index contributed by atoms with van der Waals surface area (Å²) in [4.78, 5) is 23.6. The van der Waals surface area contributed by atoms with E-state index in [2.05, 4.69) is 6.92 Å². The van der Waals surface area contributed by atoms with Crippen LogP contribution in [-0.4, -0.2) is 47.3 Å². The molecule has 0 saturated carbocycles. The molecule has 1 atom stereocenters. The van der Waals surface area contributed by atoms with Crippen molar-refractivity contribution in [2.75, 3.05) is 19.7 Å². The van der Waals surface area contributed by atoms with Gasteiger partial charge in [-0.2, -0.15) is 0 Å². The van der Waals surface area contributed by atoms with E-state index < -0.39 is 14.2 Å². The van der Waals surface area contributed by atoms with Gasteiger partial charge in [0.1, 0.15) is 5.60 Å². The molecule has 1 aliphatic heterocycles. The molecule has 154 valence electrons. The Bertz CT molecular complexity index is 381. The third-order valence-corrected chi connectivity index (χ3v) is 5.16. The molecule has 1 rings (SSSR count). The molecule has 6 nitrogen and oxygen atoms in total. The van der Waals surface area contributed by atoms with Crippen LogP contribution in [0.1, 0.15) is 85.5 Å². The number of hydrogen-bond donors (Lipinski definition) is 1. The number of piperidine rings is 1. The van der Waals surface area contributed by atoms with E-state index in [1.54, 1.807) is 4.90 Å². The molecule has 1 heterocycles. The maximum Gasteiger partial charge on any atom is 0.410 e. The first-order chi connectivity index (χ1) is 12.3. The molecule has 7 heteroatoms. The first-order valence-electron chi connectivity index (χ1n) is 10.1. The Kier molecular flexibility index (Phi) is 11.7. The highest BCUT2D eigenvalue weighted by Crippen LogP contribution is 2.37. The van der Waals surface area contributed by atoms with Crippen LogP contribution in [0, 0.1) is 0 Å². The molecule has 26 heavy (non-hydrogen) atoms. The molecular formula is C19H38NO5P. The fraction of sp³-hybridized carbons (Fsp3) is 0.947. The second-order valence-corrected chi connectivity index (χ2v) is 8.91. The number of carbonyl (C=O) groups excluding carboxylic acids is 1. The summed E-state index contributed by atoms with van der Waals surface area (Å²) in [5.41, 5.74) is -0.478. The number of rotatable bonds is 11. The Morgan fingerprint density at radius 1 is 1.08 bits per heavy atom. The van der Waals surface area contributed by atoms with Crippen molar-refractivity contribution in [3.05, 3.63) is 0 Å². The van der Waals surface area contributed by atoms with E-state index in [9.17, 15) is 9.69 Å². The van der Waals surface area contributed by atoms with Crippen molar-refractivity contribution in [2.45, 2.75) is 97.2 Å². The van der Waals surface area contributed by atoms with Crippen LogP contribution in [-0.2, 0) is 13.8 Å². The Balaban J connectivity index is 2.06. The average Bonchev–Trinajstić information content (AvgIpc) is 2.56. The largest absolute Gasteiger partial charge is 0.444 e. The Morgan fingerprint density at radius 2 is 1.65 bits per heavy atom. The van der Waals surface area contributed by atoms with Crippen LogP contribution in [0.15, 0.2) is 0 Å². The van der Waals surface area contributed by atoms with Gasteiger partial charge in [-0.25, -0.2) is 4.79 Å². The molecule has 1 saturated heterocycles. The molecule has 1 unspecified atom stereocenters. The van der Waals surface area contributed by atoms with Crippen molar-refractivity contribution in [3.63, 3.8) is 0 Å². The van der Waals surface area contributed by atoms with Crippen LogP contribution in [0.5, 0.6) is 0 Å². The van der Waals surface area contributed by atoms with Gasteiger partial charge in [0.15, 0.2) is 0 Å². The lowest BCUT2D eigenvalue weighted by molar-refractivity contribution is 0.0110. The zero-order chi connectivity index (χ0) is 19.4. The lowest BCUT2D eigenvalue weighted by Crippen LogP contribution is -2.43. The predicted octanol–water partition coefficient (Wildman–Crippen LogP) is 5.39. The SMILES string of the molecule is CCCCCCCCCOP(O)OC1CCN(C(=O)OC(C)(C)C)CC1. The zero-order valence-electron chi connectivity index (χ0n) is 17.0. The van der Waals surface area contributed by atoms with Gasteiger partial charge >= 0.3 is 14.7 Å². The van der Waals surface area contributed by atoms with Crippen LogP contribution in [0.25, 0.3) is 0 Å². The second-order valence-electron chi connectivity index (χ2n) is 7.96. The topological polar surface area (TPSA) is 68.2 Å². The molecule has 1 amide bonds. The quantitative estimate of drug-likeness (QED) is 0.378. The fourth-order valence-corrected chi connectivity index (χ4v) is 3.64. The summed E-state index contributed by atoms with van der Waals surface area (Å²) >= 11 is 0. The summed E-state index contributed by atoms with van der Waals surface area (Å²) in [7, 11) is -1.82. The molecule has 0 spiro atoms. The Morgan fingerprint density at radius 3 is 2.23 bits per heavy atom. The maximum atomic E-state index is 12.0. The number of amides is 1. The number of hydrogen-bond acceptors (Lipinski definition) is 5. The van der Waals surface area contributed by atoms with Crippen molar-refractivity contribution in [1.29, 1.82) is 0 Å². The van der Waals surface area contributed by atoms with Crippen molar-refractivity contribution in [3.8, 4) is 0 Å². The summed E-state index contributed by atoms with van der Waals surface area (Å²) in [5, 5.41) is 0. The Hall–Kier alpha value is -0.420. The fourth-order valence-electron chi connectivity index (χ4n) is 2.83. The van der Waals surface area contributed by atoms with Gasteiger partial charge in [0.05, 0.1) is 12.7 Å². The van der Waals surface area contributed by atoms with E-state index in [1.165, 1.54) is 32.1 Å². The highest BCUT2D eigenvalue weighted by atomic mass is 31.2. The van der Waals surface area contributed by atoms with Crippen LogP contribution in [0.4, 0.5) is 4.79 Å². The molecule has 0 aromatic rings. The van der Waals surface area contributed by atoms with Crippen LogP contribution >= 0.6 is 8.60 Å². The standard InChI is InChI=1S/C19H38NO5P/c1-5-6-7-8-9-10-11-16-23-26(22)25-17-12-14-20(15-13-17)18(21)24-19(2,3)4/h17,22H,5-16H2,1-4H3. The van der Waals surface area contributed by atoms with E-state index in [-0.39, 0.29) is 12.2 Å². The first-order valence-corrected chi connectivity index (χ1v) is 11.2. The number of unbranched alkanes of at least 4 members (excludes halogenated alkanes) is 6. The first kappa shape index (κ1) is 23.6. The maximum absolute atomic E-state index is 12.0. The molecule has 0 bridgehead atoms. The predicted molar refractivity (Wildman–Crippen MR) is 105 cm³/mol. The summed E-state index contributed by atoms with van der Waals surface area (Å²) in [5.74, 6) is 0. The highest BCUT2D eigenvalue weighted by molar-refractivity contribution is 7.40. The minimum atomic E-state index is -1.82. The molecule has 0 aromatic carbocycles. The normalized spacial score (nSPS) is 17.3. The summed E-state index contributed by atoms with van der Waals surface area (Å²) in [6.45, 7) is 9.53. The number of nitrogens with zero attached hydrogens (tertiary/aromatic N) is 1. The molecule has 1 N–H and O–H groups in total. The van der Waals surface area contributed by atoms with E-state index >= 15 is 0 Å². The van der Waals surface area contributed by atoms with Gasteiger partial charge in [-0.1, -0.05) is 45.4 Å². The van der Waals surface area contributed by atoms with Crippen molar-refractivity contribution in [2.24, 2.45) is 0 Å². The molecule has 1 fully saturated rings. The van der Waals surface area contributed by atoms with Gasteiger partial charge in [-0.15, -0.1) is 0 Å². The average molecular weight is 391 g/mol. The van der Waals surface area contributed by atoms with Crippen LogP contribution in [0.3, 0.4) is 0 Å². The van der Waals surface area contributed by atoms with E-state index in [1.807, 2.05) is 20.8 Å². The van der Waals surface area contributed by atoms with Crippen LogP contribution < -0.4 is 0 Å². The summed E-state index contributed by atoms with van der Waals surface area (Å²) in [6, 6.07) is 0. The number of ether oxygens (including phenoxy) is 1. The van der Waals surface area contributed by atoms with Crippen LogP contribution in [0.2, 0.25) is 0 Å². The van der Waals surface area contributed by atoms with Crippen molar-refractivity contribution < 1.29 is 23.5 Å². The molecule has 0 aromatic heterocycles. The summed E-state index contributed by atoms with van der Waals surface area (Å²) in [6.07, 6.45) is 9.58. The van der Waals surface area contributed by atoms with Gasteiger partial charge in [0.2, 0.25) is 0 Å². The highest BCUT2D eigenvalue weighted by Gasteiger charge is 2.28. The van der Waals surface area contributed by atoms with Gasteiger partial charge < -0.3 is 23.6 Å². The molecule has 1 aliphatic rings. The zero-order valence-corrected chi connectivity index (χ0v) is 17.9. The van der Waals surface area contributed by atoms with Gasteiger partial charge in [0, 0.05) is 13.1 Å². The smallest absolute Gasteiger partial charge is 0.410 e. The van der Waals surface area contributed by atoms with E-state index in [0.29, 0.717) is 32.5 Å². The van der Waals surface area contributed by atoms with E-state index in [0.717, 1.165) is 12.8 Å². The minimum Gasteiger partial charge on any atom is -0.444 e. The van der Waals surface area contributed by atoms with Gasteiger partial charge in [-0.3, -0.25) is 0 Å². The lowest BCUT2D eigenvalue weighted by Gasteiger charge is -2.33. The second kappa shape index (κ2) is 12.9. The Labute approximate surface area is 160 Å². The van der Waals surface area contributed by atoms with Crippen molar-refractivity contribution >= 4 is 14.7 Å². The van der Waals surface area contributed by atoms with Gasteiger partial charge in [-0.05, 0) is 40.0 Å². The monoisotopic (exact) mass is 391 g/mol.